The number of aliphatic hydroxyl groups excluding tert-OH is 1. The molecule has 102 valence electrons. The summed E-state index contributed by atoms with van der Waals surface area (Å²) in [7, 11) is 0. The van der Waals surface area contributed by atoms with E-state index in [1.54, 1.807) is 12.1 Å². The molecule has 1 nitrogen and oxygen atoms in total. The van der Waals surface area contributed by atoms with Gasteiger partial charge in [0.05, 0.1) is 6.10 Å². The van der Waals surface area contributed by atoms with Crippen LogP contribution in [0.1, 0.15) is 45.1 Å². The first-order valence-corrected chi connectivity index (χ1v) is 7.08. The Morgan fingerprint density at radius 1 is 1.33 bits per heavy atom. The first-order chi connectivity index (χ1) is 8.58. The van der Waals surface area contributed by atoms with Crippen LogP contribution in [0.25, 0.3) is 0 Å². The molecular formula is C15H22ClFO. The minimum atomic E-state index is -0.475. The fraction of sp³-hybridized carbons (Fsp3) is 0.600. The molecule has 0 aliphatic carbocycles. The van der Waals surface area contributed by atoms with Gasteiger partial charge in [0, 0.05) is 11.4 Å². The van der Waals surface area contributed by atoms with Crippen molar-refractivity contribution in [3.05, 3.63) is 34.6 Å². The van der Waals surface area contributed by atoms with Crippen LogP contribution in [0.15, 0.2) is 18.2 Å². The summed E-state index contributed by atoms with van der Waals surface area (Å²) in [5, 5.41) is 10.6. The molecule has 1 N–H and O–H groups in total. The SMILES string of the molecule is CCCCC(CC)C(O)Cc1ccc(Cl)cc1F. The predicted octanol–water partition coefficient (Wildman–Crippen LogP) is 4.60. The molecule has 2 unspecified atom stereocenters. The summed E-state index contributed by atoms with van der Waals surface area (Å²) in [5.74, 6) is -0.0769. The molecule has 0 aliphatic rings. The van der Waals surface area contributed by atoms with Crippen molar-refractivity contribution in [1.82, 2.24) is 0 Å². The highest BCUT2D eigenvalue weighted by Crippen LogP contribution is 2.22. The first kappa shape index (κ1) is 15.5. The van der Waals surface area contributed by atoms with Crippen LogP contribution in [-0.2, 0) is 6.42 Å². The number of hydrogen-bond acceptors (Lipinski definition) is 1. The molecular weight excluding hydrogens is 251 g/mol. The van der Waals surface area contributed by atoms with Gasteiger partial charge in [-0.2, -0.15) is 0 Å². The van der Waals surface area contributed by atoms with Crippen LogP contribution in [0.3, 0.4) is 0 Å². The van der Waals surface area contributed by atoms with Crippen LogP contribution in [0.2, 0.25) is 5.02 Å². The van der Waals surface area contributed by atoms with Crippen molar-refractivity contribution < 1.29 is 9.50 Å². The van der Waals surface area contributed by atoms with Crippen LogP contribution < -0.4 is 0 Å². The number of aliphatic hydroxyl groups is 1. The van der Waals surface area contributed by atoms with Crippen molar-refractivity contribution in [1.29, 1.82) is 0 Å². The lowest BCUT2D eigenvalue weighted by Crippen LogP contribution is -2.23. The summed E-state index contributed by atoms with van der Waals surface area (Å²) < 4.78 is 13.6. The normalized spacial score (nSPS) is 14.5. The summed E-state index contributed by atoms with van der Waals surface area (Å²) in [6.07, 6.45) is 4.06. The fourth-order valence-electron chi connectivity index (χ4n) is 2.21. The van der Waals surface area contributed by atoms with Gasteiger partial charge in [-0.3, -0.25) is 0 Å². The van der Waals surface area contributed by atoms with Crippen molar-refractivity contribution in [2.75, 3.05) is 0 Å². The summed E-state index contributed by atoms with van der Waals surface area (Å²) in [6, 6.07) is 4.63. The van der Waals surface area contributed by atoms with E-state index in [4.69, 9.17) is 11.6 Å². The van der Waals surface area contributed by atoms with Gasteiger partial charge in [0.25, 0.3) is 0 Å². The first-order valence-electron chi connectivity index (χ1n) is 6.70. The third kappa shape index (κ3) is 4.58. The predicted molar refractivity (Wildman–Crippen MR) is 74.4 cm³/mol. The number of halogens is 2. The van der Waals surface area contributed by atoms with Crippen molar-refractivity contribution in [2.24, 2.45) is 5.92 Å². The number of hydrogen-bond donors (Lipinski definition) is 1. The second-order valence-electron chi connectivity index (χ2n) is 4.82. The van der Waals surface area contributed by atoms with E-state index in [0.717, 1.165) is 25.7 Å². The molecule has 1 aromatic carbocycles. The summed E-state index contributed by atoms with van der Waals surface area (Å²) in [5.41, 5.74) is 0.543. The Morgan fingerprint density at radius 2 is 2.06 bits per heavy atom. The average Bonchev–Trinajstić information content (AvgIpc) is 2.34. The third-order valence-electron chi connectivity index (χ3n) is 3.44. The average molecular weight is 273 g/mol. The zero-order valence-corrected chi connectivity index (χ0v) is 11.9. The molecule has 0 spiro atoms. The summed E-state index contributed by atoms with van der Waals surface area (Å²) in [4.78, 5) is 0. The zero-order chi connectivity index (χ0) is 13.5. The van der Waals surface area contributed by atoms with E-state index in [0.29, 0.717) is 17.0 Å². The molecule has 0 saturated carbocycles. The Hall–Kier alpha value is -0.600. The van der Waals surface area contributed by atoms with Crippen LogP contribution in [0, 0.1) is 11.7 Å². The molecule has 0 saturated heterocycles. The Bertz CT molecular complexity index is 368. The Labute approximate surface area is 114 Å². The number of rotatable bonds is 7. The lowest BCUT2D eigenvalue weighted by Gasteiger charge is -2.21. The highest BCUT2D eigenvalue weighted by Gasteiger charge is 2.18. The van der Waals surface area contributed by atoms with Crippen LogP contribution in [0.4, 0.5) is 4.39 Å². The second-order valence-corrected chi connectivity index (χ2v) is 5.25. The van der Waals surface area contributed by atoms with Gasteiger partial charge in [-0.25, -0.2) is 4.39 Å². The molecule has 1 aromatic rings. The van der Waals surface area contributed by atoms with Crippen LogP contribution in [0.5, 0.6) is 0 Å². The third-order valence-corrected chi connectivity index (χ3v) is 3.68. The molecule has 3 heteroatoms. The Morgan fingerprint density at radius 3 is 2.61 bits per heavy atom. The Kier molecular flexibility index (Phi) is 6.66. The standard InChI is InChI=1S/C15H22ClFO/c1-3-5-6-11(4-2)15(18)9-12-7-8-13(16)10-14(12)17/h7-8,10-11,15,18H,3-6,9H2,1-2H3. The zero-order valence-electron chi connectivity index (χ0n) is 11.1. The molecule has 0 radical (unpaired) electrons. The molecule has 2 atom stereocenters. The lowest BCUT2D eigenvalue weighted by atomic mass is 9.89. The molecule has 18 heavy (non-hydrogen) atoms. The molecule has 0 bridgehead atoms. The second kappa shape index (κ2) is 7.75. The smallest absolute Gasteiger partial charge is 0.127 e. The van der Waals surface area contributed by atoms with E-state index in [1.165, 1.54) is 6.07 Å². The van der Waals surface area contributed by atoms with E-state index < -0.39 is 6.10 Å². The molecule has 1 rings (SSSR count). The molecule has 0 amide bonds. The largest absolute Gasteiger partial charge is 0.392 e. The highest BCUT2D eigenvalue weighted by molar-refractivity contribution is 6.30. The Balaban J connectivity index is 2.64. The van der Waals surface area contributed by atoms with Crippen LogP contribution in [-0.4, -0.2) is 11.2 Å². The molecule has 0 aliphatic heterocycles. The van der Waals surface area contributed by atoms with Crippen LogP contribution >= 0.6 is 11.6 Å². The molecule has 0 aromatic heterocycles. The maximum Gasteiger partial charge on any atom is 0.127 e. The maximum absolute atomic E-state index is 13.6. The number of benzene rings is 1. The van der Waals surface area contributed by atoms with E-state index in [2.05, 4.69) is 13.8 Å². The van der Waals surface area contributed by atoms with E-state index in [1.807, 2.05) is 0 Å². The van der Waals surface area contributed by atoms with Gasteiger partial charge < -0.3 is 5.11 Å². The van der Waals surface area contributed by atoms with E-state index in [-0.39, 0.29) is 11.7 Å². The fourth-order valence-corrected chi connectivity index (χ4v) is 2.37. The monoisotopic (exact) mass is 272 g/mol. The van der Waals surface area contributed by atoms with Gasteiger partial charge in [-0.05, 0) is 30.0 Å². The van der Waals surface area contributed by atoms with Gasteiger partial charge in [-0.15, -0.1) is 0 Å². The quantitative estimate of drug-likeness (QED) is 0.769. The van der Waals surface area contributed by atoms with Gasteiger partial charge in [0.1, 0.15) is 5.82 Å². The topological polar surface area (TPSA) is 20.2 Å². The van der Waals surface area contributed by atoms with Gasteiger partial charge in [-0.1, -0.05) is 50.8 Å². The lowest BCUT2D eigenvalue weighted by molar-refractivity contribution is 0.0979. The minimum Gasteiger partial charge on any atom is -0.392 e. The van der Waals surface area contributed by atoms with E-state index in [9.17, 15) is 9.50 Å². The van der Waals surface area contributed by atoms with E-state index >= 15 is 0 Å². The van der Waals surface area contributed by atoms with Gasteiger partial charge in [0.15, 0.2) is 0 Å². The van der Waals surface area contributed by atoms with Gasteiger partial charge >= 0.3 is 0 Å². The summed E-state index contributed by atoms with van der Waals surface area (Å²) in [6.45, 7) is 4.21. The van der Waals surface area contributed by atoms with Crippen molar-refractivity contribution in [2.45, 2.75) is 52.1 Å². The molecule has 0 fully saturated rings. The maximum atomic E-state index is 13.6. The van der Waals surface area contributed by atoms with Crippen molar-refractivity contribution in [3.63, 3.8) is 0 Å². The number of unbranched alkanes of at least 4 members (excludes halogenated alkanes) is 1. The van der Waals surface area contributed by atoms with Gasteiger partial charge in [0.2, 0.25) is 0 Å². The summed E-state index contributed by atoms with van der Waals surface area (Å²) >= 11 is 5.71. The minimum absolute atomic E-state index is 0.250. The highest BCUT2D eigenvalue weighted by atomic mass is 35.5. The van der Waals surface area contributed by atoms with Crippen molar-refractivity contribution in [3.8, 4) is 0 Å². The van der Waals surface area contributed by atoms with Crippen molar-refractivity contribution >= 4 is 11.6 Å². The molecule has 0 heterocycles.